The number of ketones is 1. The number of rotatable bonds is 6. The van der Waals surface area contributed by atoms with Crippen molar-refractivity contribution in [2.45, 2.75) is 6.61 Å². The largest absolute Gasteiger partial charge is 0.497 e. The topological polar surface area (TPSA) is 77.2 Å². The first-order valence-electron chi connectivity index (χ1n) is 7.68. The Morgan fingerprint density at radius 2 is 1.88 bits per heavy atom. The zero-order valence-electron chi connectivity index (χ0n) is 13.7. The van der Waals surface area contributed by atoms with E-state index in [0.29, 0.717) is 11.3 Å². The van der Waals surface area contributed by atoms with Gasteiger partial charge in [-0.25, -0.2) is 4.68 Å². The third kappa shape index (κ3) is 3.99. The summed E-state index contributed by atoms with van der Waals surface area (Å²) in [5, 5.41) is 16.8. The lowest BCUT2D eigenvalue weighted by Gasteiger charge is -2.01. The number of nitrogens with zero attached hydrogens (tertiary/aromatic N) is 3. The lowest BCUT2D eigenvalue weighted by molar-refractivity contribution is 0.104. The number of carbonyl (C=O) groups excluding carboxylic acids is 1. The molecule has 0 saturated carbocycles. The highest BCUT2D eigenvalue weighted by atomic mass is 16.5. The van der Waals surface area contributed by atoms with Crippen LogP contribution in [-0.4, -0.2) is 33.0 Å². The summed E-state index contributed by atoms with van der Waals surface area (Å²) in [6.07, 6.45) is 4.94. The van der Waals surface area contributed by atoms with E-state index in [4.69, 9.17) is 9.84 Å². The van der Waals surface area contributed by atoms with Crippen molar-refractivity contribution in [2.75, 3.05) is 7.11 Å². The molecule has 0 radical (unpaired) electrons. The van der Waals surface area contributed by atoms with Gasteiger partial charge >= 0.3 is 0 Å². The molecule has 6 nitrogen and oxygen atoms in total. The number of carbonyl (C=O) groups is 1. The van der Waals surface area contributed by atoms with Gasteiger partial charge in [-0.3, -0.25) is 4.79 Å². The number of hydrogen-bond acceptors (Lipinski definition) is 5. The Kier molecular flexibility index (Phi) is 5.01. The summed E-state index contributed by atoms with van der Waals surface area (Å²) in [4.78, 5) is 12.3. The Morgan fingerprint density at radius 1 is 1.16 bits per heavy atom. The standard InChI is InChI=1S/C19H17N3O3/c1-25-18-9-2-14(3-10-18)4-11-19(24)15-5-7-17(8-6-15)22-12-16(13-23)20-21-22/h2-12,23H,13H2,1H3/b11-4+. The second-order valence-electron chi connectivity index (χ2n) is 5.33. The molecular formula is C19H17N3O3. The van der Waals surface area contributed by atoms with Gasteiger partial charge in [0.25, 0.3) is 0 Å². The van der Waals surface area contributed by atoms with Gasteiger partial charge in [-0.05, 0) is 48.0 Å². The van der Waals surface area contributed by atoms with Crippen molar-refractivity contribution in [1.29, 1.82) is 0 Å². The molecule has 1 N–H and O–H groups in total. The maximum absolute atomic E-state index is 12.3. The molecule has 6 heteroatoms. The van der Waals surface area contributed by atoms with Crippen molar-refractivity contribution in [1.82, 2.24) is 15.0 Å². The van der Waals surface area contributed by atoms with Crippen LogP contribution in [0.5, 0.6) is 5.75 Å². The van der Waals surface area contributed by atoms with Crippen molar-refractivity contribution in [3.05, 3.63) is 77.6 Å². The molecule has 3 rings (SSSR count). The lowest BCUT2D eigenvalue weighted by Crippen LogP contribution is -1.98. The lowest BCUT2D eigenvalue weighted by atomic mass is 10.1. The van der Waals surface area contributed by atoms with E-state index in [2.05, 4.69) is 10.3 Å². The molecule has 0 bridgehead atoms. The van der Waals surface area contributed by atoms with Gasteiger partial charge in [0, 0.05) is 5.56 Å². The van der Waals surface area contributed by atoms with Crippen LogP contribution in [0.15, 0.2) is 60.8 Å². The maximum Gasteiger partial charge on any atom is 0.185 e. The maximum atomic E-state index is 12.3. The fraction of sp³-hybridized carbons (Fsp3) is 0.105. The molecule has 0 spiro atoms. The summed E-state index contributed by atoms with van der Waals surface area (Å²) in [7, 11) is 1.61. The van der Waals surface area contributed by atoms with Gasteiger partial charge in [-0.15, -0.1) is 5.10 Å². The molecule has 0 unspecified atom stereocenters. The van der Waals surface area contributed by atoms with E-state index >= 15 is 0 Å². The van der Waals surface area contributed by atoms with Gasteiger partial charge in [0.15, 0.2) is 5.78 Å². The molecule has 126 valence electrons. The van der Waals surface area contributed by atoms with Crippen molar-refractivity contribution in [3.8, 4) is 11.4 Å². The number of methoxy groups -OCH3 is 1. The molecular weight excluding hydrogens is 318 g/mol. The molecule has 0 aliphatic rings. The molecule has 0 amide bonds. The Hall–Kier alpha value is -3.25. The first kappa shape index (κ1) is 16.6. The smallest absolute Gasteiger partial charge is 0.185 e. The average molecular weight is 335 g/mol. The average Bonchev–Trinajstić information content (AvgIpc) is 3.16. The minimum Gasteiger partial charge on any atom is -0.497 e. The van der Waals surface area contributed by atoms with Gasteiger partial charge in [-0.2, -0.15) is 0 Å². The SMILES string of the molecule is COc1ccc(/C=C/C(=O)c2ccc(-n3cc(CO)nn3)cc2)cc1. The molecule has 0 fully saturated rings. The van der Waals surface area contributed by atoms with Crippen LogP contribution >= 0.6 is 0 Å². The summed E-state index contributed by atoms with van der Waals surface area (Å²) >= 11 is 0. The molecule has 0 atom stereocenters. The molecule has 1 heterocycles. The van der Waals surface area contributed by atoms with E-state index < -0.39 is 0 Å². The van der Waals surface area contributed by atoms with Crippen LogP contribution in [0.3, 0.4) is 0 Å². The van der Waals surface area contributed by atoms with E-state index in [-0.39, 0.29) is 12.4 Å². The van der Waals surface area contributed by atoms with E-state index in [1.54, 1.807) is 48.3 Å². The van der Waals surface area contributed by atoms with E-state index in [0.717, 1.165) is 17.0 Å². The molecule has 0 aliphatic carbocycles. The van der Waals surface area contributed by atoms with Crippen molar-refractivity contribution >= 4 is 11.9 Å². The van der Waals surface area contributed by atoms with Crippen LogP contribution in [0, 0.1) is 0 Å². The highest BCUT2D eigenvalue weighted by molar-refractivity contribution is 6.06. The molecule has 0 aliphatic heterocycles. The Morgan fingerprint density at radius 3 is 2.48 bits per heavy atom. The molecule has 2 aromatic carbocycles. The number of benzene rings is 2. The van der Waals surface area contributed by atoms with Crippen LogP contribution in [-0.2, 0) is 6.61 Å². The van der Waals surface area contributed by atoms with Crippen LogP contribution in [0.4, 0.5) is 0 Å². The summed E-state index contributed by atoms with van der Waals surface area (Å²) in [6, 6.07) is 14.5. The van der Waals surface area contributed by atoms with E-state index in [1.807, 2.05) is 24.3 Å². The number of allylic oxidation sites excluding steroid dienone is 1. The first-order chi connectivity index (χ1) is 12.2. The van der Waals surface area contributed by atoms with E-state index in [1.165, 1.54) is 6.08 Å². The molecule has 25 heavy (non-hydrogen) atoms. The van der Waals surface area contributed by atoms with Crippen LogP contribution in [0.2, 0.25) is 0 Å². The van der Waals surface area contributed by atoms with Gasteiger partial charge in [0.1, 0.15) is 11.4 Å². The molecule has 3 aromatic rings. The zero-order chi connectivity index (χ0) is 17.6. The molecule has 0 saturated heterocycles. The van der Waals surface area contributed by atoms with Crippen LogP contribution in [0.25, 0.3) is 11.8 Å². The number of aliphatic hydroxyl groups is 1. The predicted octanol–water partition coefficient (Wildman–Crippen LogP) is 2.66. The minimum absolute atomic E-state index is 0.0861. The predicted molar refractivity (Wildman–Crippen MR) is 93.6 cm³/mol. The first-order valence-corrected chi connectivity index (χ1v) is 7.68. The minimum atomic E-state index is -0.160. The Labute approximate surface area is 145 Å². The fourth-order valence-corrected chi connectivity index (χ4v) is 2.26. The summed E-state index contributed by atoms with van der Waals surface area (Å²) in [5.41, 5.74) is 2.76. The third-order valence-electron chi connectivity index (χ3n) is 3.66. The van der Waals surface area contributed by atoms with Crippen molar-refractivity contribution < 1.29 is 14.6 Å². The van der Waals surface area contributed by atoms with Crippen LogP contribution in [0.1, 0.15) is 21.6 Å². The summed E-state index contributed by atoms with van der Waals surface area (Å²) in [5.74, 6) is 0.688. The second-order valence-corrected chi connectivity index (χ2v) is 5.33. The fourth-order valence-electron chi connectivity index (χ4n) is 2.26. The highest BCUT2D eigenvalue weighted by Gasteiger charge is 2.05. The number of aromatic nitrogens is 3. The third-order valence-corrected chi connectivity index (χ3v) is 3.66. The number of ether oxygens (including phenoxy) is 1. The van der Waals surface area contributed by atoms with Crippen molar-refractivity contribution in [2.24, 2.45) is 0 Å². The van der Waals surface area contributed by atoms with Crippen LogP contribution < -0.4 is 4.74 Å². The van der Waals surface area contributed by atoms with Gasteiger partial charge in [-0.1, -0.05) is 23.4 Å². The van der Waals surface area contributed by atoms with Crippen molar-refractivity contribution in [3.63, 3.8) is 0 Å². The zero-order valence-corrected chi connectivity index (χ0v) is 13.7. The molecule has 1 aromatic heterocycles. The monoisotopic (exact) mass is 335 g/mol. The Bertz CT molecular complexity index is 881. The highest BCUT2D eigenvalue weighted by Crippen LogP contribution is 2.14. The summed E-state index contributed by atoms with van der Waals surface area (Å²) < 4.78 is 6.65. The van der Waals surface area contributed by atoms with E-state index in [9.17, 15) is 4.79 Å². The second kappa shape index (κ2) is 7.55. The normalized spacial score (nSPS) is 11.0. The quantitative estimate of drug-likeness (QED) is 0.553. The van der Waals surface area contributed by atoms with Gasteiger partial charge < -0.3 is 9.84 Å². The number of aliphatic hydroxyl groups excluding tert-OH is 1. The number of hydrogen-bond donors (Lipinski definition) is 1. The Balaban J connectivity index is 1.70. The van der Waals surface area contributed by atoms with Gasteiger partial charge in [0.05, 0.1) is 25.6 Å². The summed E-state index contributed by atoms with van der Waals surface area (Å²) in [6.45, 7) is -0.160. The van der Waals surface area contributed by atoms with Gasteiger partial charge in [0.2, 0.25) is 0 Å².